The number of hydrogen-bond acceptors (Lipinski definition) is 6. The lowest BCUT2D eigenvalue weighted by molar-refractivity contribution is -0.0205. The van der Waals surface area contributed by atoms with E-state index >= 15 is 0 Å². The SMILES string of the molecule is COc1cccc([C@H]2Oc3ccccc3[C@@H]3CC(c4cc(C)ccc4O)=NN23)c1OC. The Balaban J connectivity index is 1.65. The lowest BCUT2D eigenvalue weighted by Gasteiger charge is -2.38. The second-order valence-corrected chi connectivity index (χ2v) is 7.76. The van der Waals surface area contributed by atoms with Crippen molar-refractivity contribution < 1.29 is 19.3 Å². The standard InChI is InChI=1S/C25H24N2O4/c1-15-11-12-21(28)18(13-15)19-14-20-16-7-4-5-9-22(16)31-25(27(20)26-19)17-8-6-10-23(29-2)24(17)30-3/h4-13,20,25,28H,14H2,1-3H3/t20-,25+/m0/s1. The van der Waals surface area contributed by atoms with Gasteiger partial charge >= 0.3 is 0 Å². The number of nitrogens with zero attached hydrogens (tertiary/aromatic N) is 2. The number of fused-ring (bicyclic) bond motifs is 3. The van der Waals surface area contributed by atoms with Gasteiger partial charge in [-0.3, -0.25) is 0 Å². The molecule has 0 radical (unpaired) electrons. The highest BCUT2D eigenvalue weighted by Gasteiger charge is 2.42. The molecule has 1 N–H and O–H groups in total. The van der Waals surface area contributed by atoms with Crippen LogP contribution in [0.15, 0.2) is 65.8 Å². The van der Waals surface area contributed by atoms with Crippen LogP contribution in [-0.2, 0) is 0 Å². The smallest absolute Gasteiger partial charge is 0.217 e. The Labute approximate surface area is 181 Å². The Morgan fingerprint density at radius 1 is 1.00 bits per heavy atom. The van der Waals surface area contributed by atoms with Crippen molar-refractivity contribution in [3.63, 3.8) is 0 Å². The average Bonchev–Trinajstić information content (AvgIpc) is 3.25. The minimum Gasteiger partial charge on any atom is -0.507 e. The molecule has 6 nitrogen and oxygen atoms in total. The number of hydrazone groups is 1. The molecule has 5 rings (SSSR count). The number of hydrogen-bond donors (Lipinski definition) is 1. The predicted octanol–water partition coefficient (Wildman–Crippen LogP) is 4.96. The highest BCUT2D eigenvalue weighted by atomic mass is 16.5. The molecule has 6 heteroatoms. The average molecular weight is 416 g/mol. The molecule has 158 valence electrons. The molecule has 2 aliphatic rings. The highest BCUT2D eigenvalue weighted by molar-refractivity contribution is 6.04. The second kappa shape index (κ2) is 7.54. The lowest BCUT2D eigenvalue weighted by Crippen LogP contribution is -2.34. The maximum Gasteiger partial charge on any atom is 0.217 e. The molecule has 2 aliphatic heterocycles. The van der Waals surface area contributed by atoms with Gasteiger partial charge in [-0.2, -0.15) is 5.10 Å². The van der Waals surface area contributed by atoms with E-state index in [0.29, 0.717) is 17.9 Å². The number of ether oxygens (including phenoxy) is 3. The van der Waals surface area contributed by atoms with Crippen molar-refractivity contribution in [3.05, 3.63) is 82.9 Å². The number of rotatable bonds is 4. The van der Waals surface area contributed by atoms with Gasteiger partial charge in [0.05, 0.1) is 31.5 Å². The van der Waals surface area contributed by atoms with Gasteiger partial charge in [0.2, 0.25) is 6.23 Å². The van der Waals surface area contributed by atoms with Gasteiger partial charge in [-0.1, -0.05) is 35.9 Å². The minimum atomic E-state index is -0.491. The molecular formula is C25H24N2O4. The van der Waals surface area contributed by atoms with Gasteiger partial charge in [0.25, 0.3) is 0 Å². The van der Waals surface area contributed by atoms with Crippen molar-refractivity contribution in [2.45, 2.75) is 25.6 Å². The monoisotopic (exact) mass is 416 g/mol. The van der Waals surface area contributed by atoms with E-state index in [1.165, 1.54) is 0 Å². The van der Waals surface area contributed by atoms with Gasteiger partial charge in [-0.05, 0) is 37.3 Å². The molecule has 0 amide bonds. The molecule has 3 aromatic rings. The van der Waals surface area contributed by atoms with E-state index in [9.17, 15) is 5.11 Å². The van der Waals surface area contributed by atoms with Gasteiger partial charge < -0.3 is 19.3 Å². The number of methoxy groups -OCH3 is 2. The van der Waals surface area contributed by atoms with Crippen LogP contribution in [0, 0.1) is 6.92 Å². The van der Waals surface area contributed by atoms with Gasteiger partial charge in [0, 0.05) is 17.5 Å². The van der Waals surface area contributed by atoms with Crippen LogP contribution >= 0.6 is 0 Å². The number of phenolic OH excluding ortho intramolecular Hbond substituents is 1. The molecule has 31 heavy (non-hydrogen) atoms. The molecule has 0 saturated heterocycles. The molecule has 2 heterocycles. The molecule has 0 spiro atoms. The van der Waals surface area contributed by atoms with E-state index in [0.717, 1.165) is 33.7 Å². The number of para-hydroxylation sites is 2. The van der Waals surface area contributed by atoms with Crippen LogP contribution in [0.4, 0.5) is 0 Å². The first-order chi connectivity index (χ1) is 15.1. The molecule has 0 saturated carbocycles. The van der Waals surface area contributed by atoms with Crippen LogP contribution in [0.25, 0.3) is 0 Å². The van der Waals surface area contributed by atoms with Crippen molar-refractivity contribution >= 4 is 5.71 Å². The summed E-state index contributed by atoms with van der Waals surface area (Å²) in [5.41, 5.74) is 4.57. The van der Waals surface area contributed by atoms with Crippen LogP contribution in [0.3, 0.4) is 0 Å². The third-order valence-corrected chi connectivity index (χ3v) is 5.86. The molecule has 0 fully saturated rings. The number of phenols is 1. The van der Waals surface area contributed by atoms with Crippen molar-refractivity contribution in [2.24, 2.45) is 5.10 Å². The van der Waals surface area contributed by atoms with E-state index in [2.05, 4.69) is 6.07 Å². The molecule has 0 aliphatic carbocycles. The molecule has 0 bridgehead atoms. The Kier molecular flexibility index (Phi) is 4.70. The fourth-order valence-corrected chi connectivity index (χ4v) is 4.39. The van der Waals surface area contributed by atoms with E-state index in [1.807, 2.05) is 60.5 Å². The summed E-state index contributed by atoms with van der Waals surface area (Å²) in [4.78, 5) is 0. The van der Waals surface area contributed by atoms with Crippen molar-refractivity contribution in [3.8, 4) is 23.0 Å². The van der Waals surface area contributed by atoms with Crippen LogP contribution in [0.2, 0.25) is 0 Å². The quantitative estimate of drug-likeness (QED) is 0.651. The summed E-state index contributed by atoms with van der Waals surface area (Å²) in [5, 5.41) is 17.4. The third kappa shape index (κ3) is 3.15. The molecule has 0 unspecified atom stereocenters. The second-order valence-electron chi connectivity index (χ2n) is 7.76. The maximum absolute atomic E-state index is 10.5. The van der Waals surface area contributed by atoms with Crippen molar-refractivity contribution in [1.29, 1.82) is 0 Å². The highest BCUT2D eigenvalue weighted by Crippen LogP contribution is 2.50. The van der Waals surface area contributed by atoms with Crippen LogP contribution in [-0.4, -0.2) is 30.0 Å². The first-order valence-corrected chi connectivity index (χ1v) is 10.2. The zero-order valence-electron chi connectivity index (χ0n) is 17.7. The first-order valence-electron chi connectivity index (χ1n) is 10.2. The summed E-state index contributed by atoms with van der Waals surface area (Å²) in [7, 11) is 3.24. The van der Waals surface area contributed by atoms with Crippen LogP contribution < -0.4 is 14.2 Å². The number of aromatic hydroxyl groups is 1. The Bertz CT molecular complexity index is 1170. The van der Waals surface area contributed by atoms with E-state index < -0.39 is 6.23 Å². The fraction of sp³-hybridized carbons (Fsp3) is 0.240. The Hall–Kier alpha value is -3.67. The number of benzene rings is 3. The van der Waals surface area contributed by atoms with Crippen LogP contribution in [0.5, 0.6) is 23.0 Å². The van der Waals surface area contributed by atoms with E-state index in [1.54, 1.807) is 20.3 Å². The fourth-order valence-electron chi connectivity index (χ4n) is 4.39. The molecule has 0 aromatic heterocycles. The summed E-state index contributed by atoms with van der Waals surface area (Å²) >= 11 is 0. The molecule has 3 aromatic carbocycles. The Morgan fingerprint density at radius 2 is 1.81 bits per heavy atom. The summed E-state index contributed by atoms with van der Waals surface area (Å²) in [6, 6.07) is 19.3. The molecule has 2 atom stereocenters. The normalized spacial score (nSPS) is 19.2. The maximum atomic E-state index is 10.5. The largest absolute Gasteiger partial charge is 0.507 e. The van der Waals surface area contributed by atoms with Crippen molar-refractivity contribution in [1.82, 2.24) is 5.01 Å². The van der Waals surface area contributed by atoms with E-state index in [4.69, 9.17) is 19.3 Å². The number of aryl methyl sites for hydroxylation is 1. The topological polar surface area (TPSA) is 63.5 Å². The van der Waals surface area contributed by atoms with Gasteiger partial charge in [0.15, 0.2) is 11.5 Å². The third-order valence-electron chi connectivity index (χ3n) is 5.86. The van der Waals surface area contributed by atoms with Crippen molar-refractivity contribution in [2.75, 3.05) is 14.2 Å². The van der Waals surface area contributed by atoms with Gasteiger partial charge in [-0.25, -0.2) is 5.01 Å². The molecular weight excluding hydrogens is 392 g/mol. The summed E-state index contributed by atoms with van der Waals surface area (Å²) in [5.74, 6) is 2.31. The summed E-state index contributed by atoms with van der Waals surface area (Å²) in [6.07, 6.45) is 0.176. The zero-order chi connectivity index (χ0) is 21.5. The first kappa shape index (κ1) is 19.3. The minimum absolute atomic E-state index is 0.0132. The predicted molar refractivity (Wildman–Crippen MR) is 118 cm³/mol. The zero-order valence-corrected chi connectivity index (χ0v) is 17.7. The lowest BCUT2D eigenvalue weighted by atomic mass is 9.95. The Morgan fingerprint density at radius 3 is 2.61 bits per heavy atom. The summed E-state index contributed by atoms with van der Waals surface area (Å²) < 4.78 is 17.6. The van der Waals surface area contributed by atoms with Gasteiger partial charge in [0.1, 0.15) is 11.5 Å². The van der Waals surface area contributed by atoms with E-state index in [-0.39, 0.29) is 11.8 Å². The van der Waals surface area contributed by atoms with Gasteiger partial charge in [-0.15, -0.1) is 0 Å². The van der Waals surface area contributed by atoms with Crippen LogP contribution in [0.1, 0.15) is 40.9 Å². The summed E-state index contributed by atoms with van der Waals surface area (Å²) in [6.45, 7) is 2.01.